The molecule has 0 fully saturated rings. The minimum Gasteiger partial charge on any atom is -0.286 e. The van der Waals surface area contributed by atoms with Crippen LogP contribution in [0.5, 0.6) is 0 Å². The fourth-order valence-electron chi connectivity index (χ4n) is 1.01. The number of nitrogens with zero attached hydrogens (tertiary/aromatic N) is 5. The van der Waals surface area contributed by atoms with Gasteiger partial charge in [0.1, 0.15) is 4.88 Å². The van der Waals surface area contributed by atoms with E-state index in [1.165, 1.54) is 11.0 Å². The Morgan fingerprint density at radius 1 is 1.57 bits per heavy atom. The van der Waals surface area contributed by atoms with Crippen molar-refractivity contribution in [3.8, 4) is 0 Å². The summed E-state index contributed by atoms with van der Waals surface area (Å²) in [4.78, 5) is 13.6. The molecule has 0 N–H and O–H groups in total. The van der Waals surface area contributed by atoms with Crippen molar-refractivity contribution in [3.63, 3.8) is 0 Å². The lowest BCUT2D eigenvalue weighted by atomic mass is 10.2. The molecule has 2 aromatic rings. The van der Waals surface area contributed by atoms with Gasteiger partial charge >= 0.3 is 0 Å². The maximum Gasteiger partial charge on any atom is 0.228 e. The molecule has 0 amide bonds. The number of rotatable bonds is 2. The van der Waals surface area contributed by atoms with Gasteiger partial charge in [0.15, 0.2) is 5.69 Å². The highest BCUT2D eigenvalue weighted by Gasteiger charge is 2.17. The van der Waals surface area contributed by atoms with Crippen molar-refractivity contribution in [2.75, 3.05) is 0 Å². The Bertz CT molecular complexity index is 474. The van der Waals surface area contributed by atoms with Crippen LogP contribution in [0.4, 0.5) is 0 Å². The van der Waals surface area contributed by atoms with Gasteiger partial charge in [-0.25, -0.2) is 0 Å². The lowest BCUT2D eigenvalue weighted by Gasteiger charge is -1.90. The molecular weight excluding hydrogens is 202 g/mol. The van der Waals surface area contributed by atoms with Gasteiger partial charge in [-0.3, -0.25) is 4.79 Å². The normalized spacial score (nSPS) is 10.4. The third-order valence-electron chi connectivity index (χ3n) is 1.69. The summed E-state index contributed by atoms with van der Waals surface area (Å²) in [5, 5.41) is 11.5. The van der Waals surface area contributed by atoms with Crippen molar-refractivity contribution in [1.29, 1.82) is 0 Å². The number of hydrogen-bond donors (Lipinski definition) is 0. The van der Waals surface area contributed by atoms with E-state index in [0.29, 0.717) is 16.3 Å². The zero-order valence-electron chi connectivity index (χ0n) is 7.63. The van der Waals surface area contributed by atoms with E-state index in [4.69, 9.17) is 0 Å². The SMILES string of the molecule is Cc1nnsc1C(=O)c1cnn(C)n1. The Kier molecular flexibility index (Phi) is 2.08. The van der Waals surface area contributed by atoms with Crippen molar-refractivity contribution in [2.24, 2.45) is 7.05 Å². The van der Waals surface area contributed by atoms with Crippen LogP contribution in [0.3, 0.4) is 0 Å². The average Bonchev–Trinajstić information content (AvgIpc) is 2.73. The van der Waals surface area contributed by atoms with E-state index in [9.17, 15) is 4.79 Å². The smallest absolute Gasteiger partial charge is 0.228 e. The first kappa shape index (κ1) is 8.95. The quantitative estimate of drug-likeness (QED) is 0.661. The van der Waals surface area contributed by atoms with Gasteiger partial charge in [0.25, 0.3) is 0 Å². The van der Waals surface area contributed by atoms with Gasteiger partial charge in [-0.2, -0.15) is 15.0 Å². The zero-order valence-corrected chi connectivity index (χ0v) is 8.45. The molecular formula is C7H7N5OS. The summed E-state index contributed by atoms with van der Waals surface area (Å²) < 4.78 is 3.69. The molecule has 0 saturated carbocycles. The number of ketones is 1. The van der Waals surface area contributed by atoms with Crippen molar-refractivity contribution < 1.29 is 4.79 Å². The summed E-state index contributed by atoms with van der Waals surface area (Å²) in [5.74, 6) is -0.175. The van der Waals surface area contributed by atoms with Gasteiger partial charge in [-0.1, -0.05) is 4.49 Å². The number of carbonyl (C=O) groups is 1. The van der Waals surface area contributed by atoms with Gasteiger partial charge in [-0.15, -0.1) is 5.10 Å². The summed E-state index contributed by atoms with van der Waals surface area (Å²) in [6.07, 6.45) is 1.43. The van der Waals surface area contributed by atoms with Crippen LogP contribution in [0.15, 0.2) is 6.20 Å². The molecule has 0 bridgehead atoms. The summed E-state index contributed by atoms with van der Waals surface area (Å²) >= 11 is 1.07. The minimum atomic E-state index is -0.175. The van der Waals surface area contributed by atoms with E-state index in [2.05, 4.69) is 19.8 Å². The minimum absolute atomic E-state index is 0.175. The van der Waals surface area contributed by atoms with E-state index >= 15 is 0 Å². The average molecular weight is 209 g/mol. The monoisotopic (exact) mass is 209 g/mol. The fraction of sp³-hybridized carbons (Fsp3) is 0.286. The molecule has 0 aliphatic carbocycles. The largest absolute Gasteiger partial charge is 0.286 e. The summed E-state index contributed by atoms with van der Waals surface area (Å²) in [6, 6.07) is 0. The number of aromatic nitrogens is 5. The fourth-order valence-corrected chi connectivity index (χ4v) is 1.61. The highest BCUT2D eigenvalue weighted by molar-refractivity contribution is 7.08. The molecule has 14 heavy (non-hydrogen) atoms. The predicted molar refractivity (Wildman–Crippen MR) is 49.1 cm³/mol. The van der Waals surface area contributed by atoms with E-state index in [1.54, 1.807) is 14.0 Å². The van der Waals surface area contributed by atoms with Crippen molar-refractivity contribution >= 4 is 17.3 Å². The second-order valence-electron chi connectivity index (χ2n) is 2.74. The molecule has 0 radical (unpaired) electrons. The molecule has 0 unspecified atom stereocenters. The zero-order chi connectivity index (χ0) is 10.1. The van der Waals surface area contributed by atoms with E-state index < -0.39 is 0 Å². The number of hydrogen-bond acceptors (Lipinski definition) is 6. The van der Waals surface area contributed by atoms with Gasteiger partial charge in [-0.05, 0) is 18.5 Å². The Balaban J connectivity index is 2.38. The van der Waals surface area contributed by atoms with Gasteiger partial charge in [0, 0.05) is 7.05 Å². The lowest BCUT2D eigenvalue weighted by molar-refractivity contribution is 0.103. The first-order chi connectivity index (χ1) is 6.68. The summed E-state index contributed by atoms with van der Waals surface area (Å²) in [7, 11) is 1.66. The number of carbonyl (C=O) groups excluding carboxylic acids is 1. The topological polar surface area (TPSA) is 73.6 Å². The Morgan fingerprint density at radius 3 is 2.86 bits per heavy atom. The molecule has 72 valence electrons. The van der Waals surface area contributed by atoms with E-state index in [1.807, 2.05) is 0 Å². The molecule has 7 heteroatoms. The highest BCUT2D eigenvalue weighted by Crippen LogP contribution is 2.13. The maximum absolute atomic E-state index is 11.8. The van der Waals surface area contributed by atoms with Gasteiger partial charge in [0.2, 0.25) is 5.78 Å². The van der Waals surface area contributed by atoms with Crippen LogP contribution in [-0.2, 0) is 7.05 Å². The van der Waals surface area contributed by atoms with E-state index in [0.717, 1.165) is 11.5 Å². The van der Waals surface area contributed by atoms with Crippen molar-refractivity contribution in [2.45, 2.75) is 6.92 Å². The van der Waals surface area contributed by atoms with E-state index in [-0.39, 0.29) is 5.78 Å². The van der Waals surface area contributed by atoms with Crippen LogP contribution in [-0.4, -0.2) is 30.4 Å². The predicted octanol–water partition coefficient (Wildman–Crippen LogP) is 0.206. The van der Waals surface area contributed by atoms with Crippen LogP contribution in [0.1, 0.15) is 21.1 Å². The lowest BCUT2D eigenvalue weighted by Crippen LogP contribution is -2.03. The number of aryl methyl sites for hydroxylation is 2. The van der Waals surface area contributed by atoms with Crippen LogP contribution >= 0.6 is 11.5 Å². The Hall–Kier alpha value is -1.63. The molecule has 2 aromatic heterocycles. The highest BCUT2D eigenvalue weighted by atomic mass is 32.1. The standard InChI is InChI=1S/C7H7N5OS/c1-4-7(14-11-9-4)6(13)5-3-8-12(2)10-5/h3H,1-2H3. The molecule has 0 aliphatic heterocycles. The second kappa shape index (κ2) is 3.26. The van der Waals surface area contributed by atoms with Gasteiger partial charge in [0.05, 0.1) is 11.9 Å². The molecule has 0 aromatic carbocycles. The first-order valence-electron chi connectivity index (χ1n) is 3.88. The van der Waals surface area contributed by atoms with Crippen LogP contribution in [0.25, 0.3) is 0 Å². The third-order valence-corrected chi connectivity index (χ3v) is 2.52. The molecule has 0 saturated heterocycles. The third kappa shape index (κ3) is 1.41. The Morgan fingerprint density at radius 2 is 2.36 bits per heavy atom. The first-order valence-corrected chi connectivity index (χ1v) is 4.66. The summed E-state index contributed by atoms with van der Waals surface area (Å²) in [5.41, 5.74) is 0.951. The van der Waals surface area contributed by atoms with Crippen molar-refractivity contribution in [3.05, 3.63) is 22.5 Å². The van der Waals surface area contributed by atoms with Crippen LogP contribution in [0, 0.1) is 6.92 Å². The van der Waals surface area contributed by atoms with Crippen LogP contribution < -0.4 is 0 Å². The van der Waals surface area contributed by atoms with Gasteiger partial charge < -0.3 is 0 Å². The molecule has 2 heterocycles. The molecule has 6 nitrogen and oxygen atoms in total. The maximum atomic E-state index is 11.8. The molecule has 0 spiro atoms. The second-order valence-corrected chi connectivity index (χ2v) is 3.49. The molecule has 0 atom stereocenters. The molecule has 2 rings (SSSR count). The van der Waals surface area contributed by atoms with Crippen LogP contribution in [0.2, 0.25) is 0 Å². The van der Waals surface area contributed by atoms with Crippen molar-refractivity contribution in [1.82, 2.24) is 24.6 Å². The summed E-state index contributed by atoms with van der Waals surface area (Å²) in [6.45, 7) is 1.74. The molecule has 0 aliphatic rings. The Labute approximate surface area is 83.7 Å².